The Morgan fingerprint density at radius 3 is 1.18 bits per heavy atom. The van der Waals surface area contributed by atoms with E-state index >= 15 is 0 Å². The van der Waals surface area contributed by atoms with Gasteiger partial charge in [-0.2, -0.15) is 0 Å². The Kier molecular flexibility index (Phi) is 6.19. The van der Waals surface area contributed by atoms with E-state index in [0.717, 1.165) is 0 Å². The van der Waals surface area contributed by atoms with Crippen LogP contribution in [0.3, 0.4) is 0 Å². The molecule has 0 aliphatic carbocycles. The SMILES string of the molecule is O=C(Nc1c(Br)cccc1Br)C(=O)Nc1c(Br)cccc1Br. The van der Waals surface area contributed by atoms with Crippen LogP contribution in [0.5, 0.6) is 0 Å². The molecule has 8 heteroatoms. The van der Waals surface area contributed by atoms with E-state index in [2.05, 4.69) is 74.4 Å². The first-order valence-electron chi connectivity index (χ1n) is 5.90. The molecule has 2 N–H and O–H groups in total. The van der Waals surface area contributed by atoms with E-state index in [4.69, 9.17) is 0 Å². The van der Waals surface area contributed by atoms with Gasteiger partial charge < -0.3 is 10.6 Å². The second-order valence-electron chi connectivity index (χ2n) is 4.10. The Morgan fingerprint density at radius 1 is 0.636 bits per heavy atom. The van der Waals surface area contributed by atoms with Crippen molar-refractivity contribution in [2.24, 2.45) is 0 Å². The van der Waals surface area contributed by atoms with Crippen molar-refractivity contribution in [3.63, 3.8) is 0 Å². The zero-order chi connectivity index (χ0) is 16.3. The summed E-state index contributed by atoms with van der Waals surface area (Å²) in [7, 11) is 0. The molecule has 4 nitrogen and oxygen atoms in total. The highest BCUT2D eigenvalue weighted by molar-refractivity contribution is 9.11. The number of carbonyl (C=O) groups is 2. The standard InChI is InChI=1S/C14H8Br4N2O2/c15-7-3-1-4-8(16)11(7)19-13(21)14(22)20-12-9(17)5-2-6-10(12)18/h1-6H,(H,19,21)(H,20,22). The number of hydrogen-bond acceptors (Lipinski definition) is 2. The van der Waals surface area contributed by atoms with E-state index in [1.165, 1.54) is 0 Å². The highest BCUT2D eigenvalue weighted by Crippen LogP contribution is 2.32. The Balaban J connectivity index is 2.15. The Hall–Kier alpha value is -0.700. The second-order valence-corrected chi connectivity index (χ2v) is 7.52. The number of halogens is 4. The van der Waals surface area contributed by atoms with Crippen LogP contribution in [-0.2, 0) is 9.59 Å². The summed E-state index contributed by atoms with van der Waals surface area (Å²) in [5.41, 5.74) is 0.989. The monoisotopic (exact) mass is 552 g/mol. The lowest BCUT2D eigenvalue weighted by molar-refractivity contribution is -0.133. The fourth-order valence-corrected chi connectivity index (χ4v) is 3.97. The molecule has 2 amide bonds. The molecule has 0 heterocycles. The fraction of sp³-hybridized carbons (Fsp3) is 0. The van der Waals surface area contributed by atoms with Crippen LogP contribution in [-0.4, -0.2) is 11.8 Å². The number of carbonyl (C=O) groups excluding carboxylic acids is 2. The van der Waals surface area contributed by atoms with Gasteiger partial charge in [-0.25, -0.2) is 0 Å². The highest BCUT2D eigenvalue weighted by Gasteiger charge is 2.18. The van der Waals surface area contributed by atoms with Crippen LogP contribution in [0, 0.1) is 0 Å². The third-order valence-corrected chi connectivity index (χ3v) is 5.25. The molecule has 114 valence electrons. The van der Waals surface area contributed by atoms with Crippen LogP contribution >= 0.6 is 63.7 Å². The highest BCUT2D eigenvalue weighted by atomic mass is 79.9. The molecular weight excluding hydrogens is 548 g/mol. The summed E-state index contributed by atoms with van der Waals surface area (Å²) in [5, 5.41) is 5.12. The second kappa shape index (κ2) is 7.72. The number of benzene rings is 2. The van der Waals surface area contributed by atoms with Crippen LogP contribution in [0.15, 0.2) is 54.3 Å². The molecule has 0 unspecified atom stereocenters. The van der Waals surface area contributed by atoms with Crippen molar-refractivity contribution in [1.82, 2.24) is 0 Å². The van der Waals surface area contributed by atoms with Crippen LogP contribution in [0.4, 0.5) is 11.4 Å². The Labute approximate surface area is 160 Å². The summed E-state index contributed by atoms with van der Waals surface area (Å²) in [6.45, 7) is 0. The molecule has 0 aliphatic rings. The molecule has 0 aliphatic heterocycles. The minimum absolute atomic E-state index is 0.494. The summed E-state index contributed by atoms with van der Waals surface area (Å²) in [4.78, 5) is 24.1. The maximum Gasteiger partial charge on any atom is 0.314 e. The van der Waals surface area contributed by atoms with Gasteiger partial charge in [0.2, 0.25) is 0 Å². The first-order valence-corrected chi connectivity index (χ1v) is 9.07. The molecule has 0 saturated heterocycles. The van der Waals surface area contributed by atoms with Gasteiger partial charge in [0.15, 0.2) is 0 Å². The maximum atomic E-state index is 12.0. The average molecular weight is 556 g/mol. The van der Waals surface area contributed by atoms with Gasteiger partial charge in [0.25, 0.3) is 0 Å². The molecule has 0 spiro atoms. The van der Waals surface area contributed by atoms with E-state index in [-0.39, 0.29) is 0 Å². The largest absolute Gasteiger partial charge is 0.316 e. The molecule has 2 aromatic carbocycles. The predicted molar refractivity (Wildman–Crippen MR) is 101 cm³/mol. The fourth-order valence-electron chi connectivity index (χ4n) is 1.58. The first kappa shape index (κ1) is 17.7. The lowest BCUT2D eigenvalue weighted by Gasteiger charge is -2.11. The van der Waals surface area contributed by atoms with Crippen molar-refractivity contribution in [2.75, 3.05) is 10.6 Å². The predicted octanol–water partition coefficient (Wildman–Crippen LogP) is 5.31. The van der Waals surface area contributed by atoms with Gasteiger partial charge in [0.1, 0.15) is 0 Å². The smallest absolute Gasteiger partial charge is 0.314 e. The van der Waals surface area contributed by atoms with E-state index < -0.39 is 11.8 Å². The van der Waals surface area contributed by atoms with Gasteiger partial charge in [0, 0.05) is 17.9 Å². The topological polar surface area (TPSA) is 58.2 Å². The zero-order valence-corrected chi connectivity index (χ0v) is 17.1. The van der Waals surface area contributed by atoms with Crippen LogP contribution in [0.1, 0.15) is 0 Å². The number of anilines is 2. The van der Waals surface area contributed by atoms with Crippen molar-refractivity contribution in [3.8, 4) is 0 Å². The number of hydrogen-bond donors (Lipinski definition) is 2. The zero-order valence-electron chi connectivity index (χ0n) is 10.8. The maximum absolute atomic E-state index is 12.0. The molecule has 22 heavy (non-hydrogen) atoms. The van der Waals surface area contributed by atoms with Crippen molar-refractivity contribution in [1.29, 1.82) is 0 Å². The Bertz CT molecular complexity index is 646. The molecule has 0 radical (unpaired) electrons. The molecule has 0 fully saturated rings. The average Bonchev–Trinajstić information content (AvgIpc) is 2.46. The van der Waals surface area contributed by atoms with Crippen molar-refractivity contribution in [2.45, 2.75) is 0 Å². The van der Waals surface area contributed by atoms with E-state index in [9.17, 15) is 9.59 Å². The van der Waals surface area contributed by atoms with Gasteiger partial charge in [0.05, 0.1) is 11.4 Å². The van der Waals surface area contributed by atoms with Crippen LogP contribution < -0.4 is 10.6 Å². The number of rotatable bonds is 2. The van der Waals surface area contributed by atoms with Gasteiger partial charge in [-0.15, -0.1) is 0 Å². The molecule has 0 atom stereocenters. The summed E-state index contributed by atoms with van der Waals surface area (Å²) >= 11 is 13.3. The quantitative estimate of drug-likeness (QED) is 0.493. The molecule has 0 bridgehead atoms. The Morgan fingerprint density at radius 2 is 0.909 bits per heavy atom. The van der Waals surface area contributed by atoms with Crippen molar-refractivity contribution >= 4 is 86.9 Å². The van der Waals surface area contributed by atoms with E-state index in [1.807, 2.05) is 12.1 Å². The van der Waals surface area contributed by atoms with Crippen molar-refractivity contribution < 1.29 is 9.59 Å². The van der Waals surface area contributed by atoms with E-state index in [1.54, 1.807) is 24.3 Å². The third-order valence-electron chi connectivity index (χ3n) is 2.61. The van der Waals surface area contributed by atoms with Gasteiger partial charge in [-0.05, 0) is 88.0 Å². The van der Waals surface area contributed by atoms with Gasteiger partial charge in [-0.1, -0.05) is 12.1 Å². The van der Waals surface area contributed by atoms with Crippen LogP contribution in [0.2, 0.25) is 0 Å². The molecule has 2 aromatic rings. The minimum Gasteiger partial charge on any atom is -0.316 e. The van der Waals surface area contributed by atoms with Gasteiger partial charge >= 0.3 is 11.8 Å². The molecular formula is C14H8Br4N2O2. The first-order chi connectivity index (χ1) is 10.4. The summed E-state index contributed by atoms with van der Waals surface area (Å²) in [6.07, 6.45) is 0. The number of nitrogens with one attached hydrogen (secondary N) is 2. The normalized spacial score (nSPS) is 10.2. The summed E-state index contributed by atoms with van der Waals surface area (Å²) in [6, 6.07) is 10.7. The minimum atomic E-state index is -0.768. The third kappa shape index (κ3) is 4.18. The number of para-hydroxylation sites is 2. The lowest BCUT2D eigenvalue weighted by Crippen LogP contribution is -2.29. The molecule has 0 aromatic heterocycles. The number of amides is 2. The van der Waals surface area contributed by atoms with E-state index in [0.29, 0.717) is 29.3 Å². The lowest BCUT2D eigenvalue weighted by atomic mass is 10.3. The molecule has 0 saturated carbocycles. The van der Waals surface area contributed by atoms with Crippen LogP contribution in [0.25, 0.3) is 0 Å². The molecule has 2 rings (SSSR count). The van der Waals surface area contributed by atoms with Crippen molar-refractivity contribution in [3.05, 3.63) is 54.3 Å². The summed E-state index contributed by atoms with van der Waals surface area (Å²) in [5.74, 6) is -1.54. The summed E-state index contributed by atoms with van der Waals surface area (Å²) < 4.78 is 2.69. The van der Waals surface area contributed by atoms with Gasteiger partial charge in [-0.3, -0.25) is 9.59 Å².